The van der Waals surface area contributed by atoms with Crippen LogP contribution in [0.3, 0.4) is 0 Å². The standard InChI is InChI=1S/C6H7N2/c1-5-3-7-6(2)8-4-5/h3-4H,1H2,2H3. The molecular formula is C6H7N2. The van der Waals surface area contributed by atoms with Crippen molar-refractivity contribution in [2.24, 2.45) is 0 Å². The highest BCUT2D eigenvalue weighted by molar-refractivity contribution is 5.07. The molecule has 2 nitrogen and oxygen atoms in total. The number of aryl methyl sites for hydroxylation is 1. The highest BCUT2D eigenvalue weighted by Crippen LogP contribution is 1.89. The first-order valence-electron chi connectivity index (χ1n) is 2.39. The molecule has 2 heteroatoms. The summed E-state index contributed by atoms with van der Waals surface area (Å²) in [5, 5.41) is 0. The van der Waals surface area contributed by atoms with Gasteiger partial charge in [0.05, 0.1) is 0 Å². The number of hydrogen-bond acceptors (Lipinski definition) is 2. The van der Waals surface area contributed by atoms with Crippen molar-refractivity contribution in [1.82, 2.24) is 9.97 Å². The summed E-state index contributed by atoms with van der Waals surface area (Å²) in [7, 11) is 0. The number of hydrogen-bond donors (Lipinski definition) is 0. The summed E-state index contributed by atoms with van der Waals surface area (Å²) in [5.74, 6) is 0.789. The van der Waals surface area contributed by atoms with Crippen LogP contribution in [0.15, 0.2) is 12.4 Å². The first-order valence-corrected chi connectivity index (χ1v) is 2.39. The van der Waals surface area contributed by atoms with E-state index in [0.717, 1.165) is 11.4 Å². The van der Waals surface area contributed by atoms with Crippen molar-refractivity contribution < 1.29 is 0 Å². The maximum absolute atomic E-state index is 3.91. The molecule has 0 saturated heterocycles. The Balaban J connectivity index is 3.03. The average molecular weight is 107 g/mol. The van der Waals surface area contributed by atoms with Crippen LogP contribution in [0.2, 0.25) is 0 Å². The van der Waals surface area contributed by atoms with Gasteiger partial charge < -0.3 is 0 Å². The van der Waals surface area contributed by atoms with Crippen LogP contribution < -0.4 is 0 Å². The Kier molecular flexibility index (Phi) is 1.24. The van der Waals surface area contributed by atoms with Crippen molar-refractivity contribution in [1.29, 1.82) is 0 Å². The van der Waals surface area contributed by atoms with Crippen molar-refractivity contribution in [3.05, 3.63) is 30.7 Å². The molecule has 0 aliphatic heterocycles. The van der Waals surface area contributed by atoms with Crippen molar-refractivity contribution in [3.63, 3.8) is 0 Å². The molecule has 0 aliphatic carbocycles. The third kappa shape index (κ3) is 1.03. The molecule has 41 valence electrons. The molecule has 0 atom stereocenters. The lowest BCUT2D eigenvalue weighted by atomic mass is 10.4. The van der Waals surface area contributed by atoms with Gasteiger partial charge in [-0.1, -0.05) is 0 Å². The van der Waals surface area contributed by atoms with Gasteiger partial charge in [0.1, 0.15) is 5.82 Å². The van der Waals surface area contributed by atoms with E-state index in [1.165, 1.54) is 0 Å². The van der Waals surface area contributed by atoms with Gasteiger partial charge in [-0.25, -0.2) is 9.97 Å². The zero-order chi connectivity index (χ0) is 5.98. The SMILES string of the molecule is [CH2]c1cnc(C)nc1. The molecule has 1 radical (unpaired) electrons. The van der Waals surface area contributed by atoms with E-state index in [1.807, 2.05) is 6.92 Å². The van der Waals surface area contributed by atoms with E-state index >= 15 is 0 Å². The Labute approximate surface area is 48.6 Å². The van der Waals surface area contributed by atoms with Crippen LogP contribution in [0.1, 0.15) is 11.4 Å². The Morgan fingerprint density at radius 2 is 1.88 bits per heavy atom. The summed E-state index contributed by atoms with van der Waals surface area (Å²) in [5.41, 5.74) is 0.857. The molecule has 0 spiro atoms. The van der Waals surface area contributed by atoms with Gasteiger partial charge in [0.15, 0.2) is 0 Å². The van der Waals surface area contributed by atoms with E-state index in [1.54, 1.807) is 12.4 Å². The van der Waals surface area contributed by atoms with Crippen LogP contribution in [0.4, 0.5) is 0 Å². The second-order valence-electron chi connectivity index (χ2n) is 1.64. The Bertz CT molecular complexity index is 145. The minimum Gasteiger partial charge on any atom is -0.241 e. The molecule has 1 aromatic rings. The second-order valence-corrected chi connectivity index (χ2v) is 1.64. The molecule has 0 N–H and O–H groups in total. The van der Waals surface area contributed by atoms with Gasteiger partial charge in [-0.2, -0.15) is 0 Å². The van der Waals surface area contributed by atoms with Gasteiger partial charge >= 0.3 is 0 Å². The van der Waals surface area contributed by atoms with Crippen LogP contribution in [0.25, 0.3) is 0 Å². The predicted octanol–water partition coefficient (Wildman–Crippen LogP) is 0.967. The summed E-state index contributed by atoms with van der Waals surface area (Å²) >= 11 is 0. The lowest BCUT2D eigenvalue weighted by Crippen LogP contribution is -1.84. The molecule has 8 heavy (non-hydrogen) atoms. The minimum atomic E-state index is 0.789. The van der Waals surface area contributed by atoms with Gasteiger partial charge in [0.2, 0.25) is 0 Å². The normalized spacial score (nSPS) is 9.25. The summed E-state index contributed by atoms with van der Waals surface area (Å²) in [6.07, 6.45) is 3.39. The fraction of sp³-hybridized carbons (Fsp3) is 0.167. The smallest absolute Gasteiger partial charge is 0.125 e. The van der Waals surface area contributed by atoms with Crippen LogP contribution in [-0.4, -0.2) is 9.97 Å². The number of rotatable bonds is 0. The highest BCUT2D eigenvalue weighted by Gasteiger charge is 1.82. The first kappa shape index (κ1) is 5.22. The maximum atomic E-state index is 3.91. The fourth-order valence-corrected chi connectivity index (χ4v) is 0.419. The minimum absolute atomic E-state index is 0.789. The van der Waals surface area contributed by atoms with Crippen molar-refractivity contribution in [2.45, 2.75) is 6.92 Å². The Morgan fingerprint density at radius 1 is 1.38 bits per heavy atom. The van der Waals surface area contributed by atoms with Gasteiger partial charge in [0.25, 0.3) is 0 Å². The van der Waals surface area contributed by atoms with Gasteiger partial charge in [0, 0.05) is 12.4 Å². The quantitative estimate of drug-likeness (QED) is 0.493. The molecule has 1 rings (SSSR count). The summed E-state index contributed by atoms with van der Waals surface area (Å²) in [4.78, 5) is 7.81. The third-order valence-electron chi connectivity index (χ3n) is 0.834. The van der Waals surface area contributed by atoms with Crippen LogP contribution >= 0.6 is 0 Å². The van der Waals surface area contributed by atoms with E-state index < -0.39 is 0 Å². The highest BCUT2D eigenvalue weighted by atomic mass is 14.8. The van der Waals surface area contributed by atoms with Crippen LogP contribution in [0, 0.1) is 13.8 Å². The molecule has 0 saturated carbocycles. The predicted molar refractivity (Wildman–Crippen MR) is 31.2 cm³/mol. The molecule has 0 amide bonds. The van der Waals surface area contributed by atoms with Crippen molar-refractivity contribution >= 4 is 0 Å². The summed E-state index contributed by atoms with van der Waals surface area (Å²) in [6.45, 7) is 5.48. The molecule has 1 aromatic heterocycles. The Morgan fingerprint density at radius 3 is 2.25 bits per heavy atom. The van der Waals surface area contributed by atoms with E-state index in [4.69, 9.17) is 0 Å². The maximum Gasteiger partial charge on any atom is 0.125 e. The van der Waals surface area contributed by atoms with E-state index in [0.29, 0.717) is 0 Å². The molecule has 0 unspecified atom stereocenters. The van der Waals surface area contributed by atoms with Gasteiger partial charge in [-0.15, -0.1) is 0 Å². The molecule has 0 aromatic carbocycles. The monoisotopic (exact) mass is 107 g/mol. The third-order valence-corrected chi connectivity index (χ3v) is 0.834. The van der Waals surface area contributed by atoms with E-state index in [-0.39, 0.29) is 0 Å². The van der Waals surface area contributed by atoms with Gasteiger partial charge in [-0.3, -0.25) is 0 Å². The zero-order valence-electron chi connectivity index (χ0n) is 4.76. The first-order chi connectivity index (χ1) is 3.79. The zero-order valence-corrected chi connectivity index (χ0v) is 4.76. The molecule has 0 fully saturated rings. The Hall–Kier alpha value is -0.920. The lowest BCUT2D eigenvalue weighted by molar-refractivity contribution is 1.04. The average Bonchev–Trinajstić information content (AvgIpc) is 1.77. The number of aromatic nitrogens is 2. The molecular weight excluding hydrogens is 100 g/mol. The number of nitrogens with zero attached hydrogens (tertiary/aromatic N) is 2. The lowest BCUT2D eigenvalue weighted by Gasteiger charge is -1.88. The van der Waals surface area contributed by atoms with E-state index in [2.05, 4.69) is 16.9 Å². The van der Waals surface area contributed by atoms with Crippen LogP contribution in [0.5, 0.6) is 0 Å². The summed E-state index contributed by atoms with van der Waals surface area (Å²) in [6, 6.07) is 0. The largest absolute Gasteiger partial charge is 0.241 e. The van der Waals surface area contributed by atoms with Crippen LogP contribution in [-0.2, 0) is 0 Å². The van der Waals surface area contributed by atoms with Crippen molar-refractivity contribution in [2.75, 3.05) is 0 Å². The molecule has 0 bridgehead atoms. The topological polar surface area (TPSA) is 25.8 Å². The fourth-order valence-electron chi connectivity index (χ4n) is 0.419. The summed E-state index contributed by atoms with van der Waals surface area (Å²) < 4.78 is 0. The second kappa shape index (κ2) is 1.90. The van der Waals surface area contributed by atoms with Gasteiger partial charge in [-0.05, 0) is 19.4 Å². The van der Waals surface area contributed by atoms with E-state index in [9.17, 15) is 0 Å². The molecule has 0 aliphatic rings. The molecule has 1 heterocycles. The van der Waals surface area contributed by atoms with Crippen molar-refractivity contribution in [3.8, 4) is 0 Å².